The minimum Gasteiger partial charge on any atom is -0.370 e. The lowest BCUT2D eigenvalue weighted by Crippen LogP contribution is -2.33. The predicted octanol–water partition coefficient (Wildman–Crippen LogP) is 5.17. The van der Waals surface area contributed by atoms with Crippen molar-refractivity contribution in [2.75, 3.05) is 18.5 Å². The Balaban J connectivity index is 2.07. The molecular weight excluding hydrogens is 280 g/mol. The summed E-state index contributed by atoms with van der Waals surface area (Å²) in [6, 6.07) is 7.54. The van der Waals surface area contributed by atoms with Crippen LogP contribution in [0.3, 0.4) is 0 Å². The predicted molar refractivity (Wildman–Crippen MR) is 93.4 cm³/mol. The number of hydrogen-bond acceptors (Lipinski definition) is 2. The molecule has 0 amide bonds. The van der Waals surface area contributed by atoms with Crippen LogP contribution in [-0.2, 0) is 0 Å². The number of nitrogens with one attached hydrogen (secondary N) is 1. The van der Waals surface area contributed by atoms with Gasteiger partial charge in [-0.25, -0.2) is 0 Å². The van der Waals surface area contributed by atoms with Gasteiger partial charge in [0.1, 0.15) is 0 Å². The van der Waals surface area contributed by atoms with Gasteiger partial charge in [0.15, 0.2) is 0 Å². The van der Waals surface area contributed by atoms with Crippen LogP contribution in [0.1, 0.15) is 64.0 Å². The topological polar surface area (TPSA) is 15.3 Å². The Morgan fingerprint density at radius 2 is 2.00 bits per heavy atom. The van der Waals surface area contributed by atoms with E-state index in [4.69, 9.17) is 11.6 Å². The average Bonchev–Trinajstić information content (AvgIpc) is 2.52. The van der Waals surface area contributed by atoms with Gasteiger partial charge in [-0.3, -0.25) is 0 Å². The maximum absolute atomic E-state index is 6.55. The van der Waals surface area contributed by atoms with E-state index in [1.165, 1.54) is 43.4 Å². The Hall–Kier alpha value is -0.730. The van der Waals surface area contributed by atoms with Gasteiger partial charge in [-0.05, 0) is 50.4 Å². The Morgan fingerprint density at radius 3 is 2.62 bits per heavy atom. The van der Waals surface area contributed by atoms with Gasteiger partial charge in [-0.15, -0.1) is 0 Å². The van der Waals surface area contributed by atoms with Crippen molar-refractivity contribution in [3.05, 3.63) is 28.8 Å². The van der Waals surface area contributed by atoms with Gasteiger partial charge in [0, 0.05) is 19.1 Å². The number of rotatable bonds is 6. The van der Waals surface area contributed by atoms with Crippen molar-refractivity contribution < 1.29 is 0 Å². The maximum Gasteiger partial charge on any atom is 0.0642 e. The summed E-state index contributed by atoms with van der Waals surface area (Å²) in [6.07, 6.45) is 7.83. The highest BCUT2D eigenvalue weighted by Gasteiger charge is 2.20. The van der Waals surface area contributed by atoms with Crippen LogP contribution in [0, 0.1) is 0 Å². The number of anilines is 1. The lowest BCUT2D eigenvalue weighted by Gasteiger charge is -2.33. The summed E-state index contributed by atoms with van der Waals surface area (Å²) < 4.78 is 0. The van der Waals surface area contributed by atoms with E-state index in [0.717, 1.165) is 18.0 Å². The molecule has 21 heavy (non-hydrogen) atoms. The van der Waals surface area contributed by atoms with Crippen molar-refractivity contribution in [3.63, 3.8) is 0 Å². The third-order valence-corrected chi connectivity index (χ3v) is 4.98. The number of nitrogens with zero attached hydrogens (tertiary/aromatic N) is 1. The molecule has 1 aliphatic rings. The molecule has 0 radical (unpaired) electrons. The number of halogens is 1. The lowest BCUT2D eigenvalue weighted by atomic mass is 9.94. The summed E-state index contributed by atoms with van der Waals surface area (Å²) in [7, 11) is 2.19. The van der Waals surface area contributed by atoms with E-state index in [-0.39, 0.29) is 0 Å². The highest BCUT2D eigenvalue weighted by Crippen LogP contribution is 2.32. The average molecular weight is 309 g/mol. The lowest BCUT2D eigenvalue weighted by molar-refractivity contribution is 0.427. The van der Waals surface area contributed by atoms with Crippen LogP contribution >= 0.6 is 11.6 Å². The van der Waals surface area contributed by atoms with Crippen molar-refractivity contribution in [1.82, 2.24) is 5.32 Å². The molecule has 1 aliphatic carbocycles. The van der Waals surface area contributed by atoms with Crippen molar-refractivity contribution in [1.29, 1.82) is 0 Å². The monoisotopic (exact) mass is 308 g/mol. The van der Waals surface area contributed by atoms with E-state index in [1.54, 1.807) is 0 Å². The van der Waals surface area contributed by atoms with Gasteiger partial charge in [0.25, 0.3) is 0 Å². The van der Waals surface area contributed by atoms with E-state index in [1.807, 2.05) is 0 Å². The standard InChI is InChI=1S/C18H29ClN2/c1-4-12-20-14(2)15-10-11-18(17(19)13-15)21(3)16-8-6-5-7-9-16/h10-11,13-14,16,20H,4-9,12H2,1-3H3. The number of benzene rings is 1. The van der Waals surface area contributed by atoms with Gasteiger partial charge < -0.3 is 10.2 Å². The molecule has 1 unspecified atom stereocenters. The maximum atomic E-state index is 6.55. The van der Waals surface area contributed by atoms with E-state index in [2.05, 4.69) is 49.3 Å². The molecule has 0 spiro atoms. The molecule has 118 valence electrons. The summed E-state index contributed by atoms with van der Waals surface area (Å²) in [4.78, 5) is 2.38. The quantitative estimate of drug-likeness (QED) is 0.780. The Kier molecular flexibility index (Phi) is 6.38. The second kappa shape index (κ2) is 8.05. The smallest absolute Gasteiger partial charge is 0.0642 e. The van der Waals surface area contributed by atoms with Crippen LogP contribution in [0.2, 0.25) is 5.02 Å². The molecule has 0 heterocycles. The molecule has 1 aromatic carbocycles. The normalized spacial score (nSPS) is 17.7. The van der Waals surface area contributed by atoms with Crippen LogP contribution < -0.4 is 10.2 Å². The molecule has 1 saturated carbocycles. The molecule has 2 rings (SSSR count). The Morgan fingerprint density at radius 1 is 1.29 bits per heavy atom. The highest BCUT2D eigenvalue weighted by atomic mass is 35.5. The first-order chi connectivity index (χ1) is 10.1. The zero-order valence-corrected chi connectivity index (χ0v) is 14.4. The van der Waals surface area contributed by atoms with Crippen LogP contribution in [0.15, 0.2) is 18.2 Å². The van der Waals surface area contributed by atoms with Gasteiger partial charge in [-0.1, -0.05) is 43.9 Å². The summed E-state index contributed by atoms with van der Waals surface area (Å²) in [5, 5.41) is 4.40. The summed E-state index contributed by atoms with van der Waals surface area (Å²) in [6.45, 7) is 5.43. The molecule has 1 N–H and O–H groups in total. The molecular formula is C18H29ClN2. The first kappa shape index (κ1) is 16.6. The molecule has 0 aromatic heterocycles. The fourth-order valence-electron chi connectivity index (χ4n) is 3.22. The van der Waals surface area contributed by atoms with Gasteiger partial charge in [0.05, 0.1) is 10.7 Å². The van der Waals surface area contributed by atoms with Crippen molar-refractivity contribution in [2.24, 2.45) is 0 Å². The van der Waals surface area contributed by atoms with E-state index >= 15 is 0 Å². The van der Waals surface area contributed by atoms with Crippen molar-refractivity contribution >= 4 is 17.3 Å². The van der Waals surface area contributed by atoms with Crippen LogP contribution in [0.4, 0.5) is 5.69 Å². The van der Waals surface area contributed by atoms with E-state index in [0.29, 0.717) is 12.1 Å². The Labute approximate surface area is 134 Å². The molecule has 0 saturated heterocycles. The molecule has 0 bridgehead atoms. The zero-order chi connectivity index (χ0) is 15.2. The van der Waals surface area contributed by atoms with Crippen LogP contribution in [0.25, 0.3) is 0 Å². The van der Waals surface area contributed by atoms with Gasteiger partial charge >= 0.3 is 0 Å². The third-order valence-electron chi connectivity index (χ3n) is 4.67. The SMILES string of the molecule is CCCNC(C)c1ccc(N(C)C2CCCCC2)c(Cl)c1. The highest BCUT2D eigenvalue weighted by molar-refractivity contribution is 6.33. The van der Waals surface area contributed by atoms with Gasteiger partial charge in [-0.2, -0.15) is 0 Å². The fourth-order valence-corrected chi connectivity index (χ4v) is 3.54. The molecule has 1 atom stereocenters. The largest absolute Gasteiger partial charge is 0.370 e. The summed E-state index contributed by atoms with van der Waals surface area (Å²) in [5.74, 6) is 0. The third kappa shape index (κ3) is 4.37. The Bertz CT molecular complexity index is 441. The molecule has 1 aromatic rings. The molecule has 1 fully saturated rings. The first-order valence-electron chi connectivity index (χ1n) is 8.39. The van der Waals surface area contributed by atoms with Crippen LogP contribution in [0.5, 0.6) is 0 Å². The minimum atomic E-state index is 0.358. The summed E-state index contributed by atoms with van der Waals surface area (Å²) >= 11 is 6.55. The van der Waals surface area contributed by atoms with E-state index in [9.17, 15) is 0 Å². The minimum absolute atomic E-state index is 0.358. The summed E-state index contributed by atoms with van der Waals surface area (Å²) in [5.41, 5.74) is 2.45. The van der Waals surface area contributed by atoms with Crippen molar-refractivity contribution in [3.8, 4) is 0 Å². The fraction of sp³-hybridized carbons (Fsp3) is 0.667. The second-order valence-electron chi connectivity index (χ2n) is 6.29. The number of hydrogen-bond donors (Lipinski definition) is 1. The second-order valence-corrected chi connectivity index (χ2v) is 6.70. The molecule has 3 heteroatoms. The zero-order valence-electron chi connectivity index (χ0n) is 13.7. The van der Waals surface area contributed by atoms with E-state index < -0.39 is 0 Å². The molecule has 0 aliphatic heterocycles. The van der Waals surface area contributed by atoms with Crippen LogP contribution in [-0.4, -0.2) is 19.6 Å². The first-order valence-corrected chi connectivity index (χ1v) is 8.77. The van der Waals surface area contributed by atoms with Gasteiger partial charge in [0.2, 0.25) is 0 Å². The van der Waals surface area contributed by atoms with Crippen molar-refractivity contribution in [2.45, 2.75) is 64.5 Å². The molecule has 2 nitrogen and oxygen atoms in total.